The Morgan fingerprint density at radius 2 is 1.30 bits per heavy atom. The van der Waals surface area contributed by atoms with Crippen LogP contribution in [0.1, 0.15) is 152 Å². The molecule has 378 valence electrons. The minimum Gasteiger partial charge on any atom is -0.494 e. The molecule has 1 aliphatic rings. The number of para-hydroxylation sites is 1. The predicted molar refractivity (Wildman–Crippen MR) is 277 cm³/mol. The van der Waals surface area contributed by atoms with Crippen molar-refractivity contribution in [1.29, 1.82) is 0 Å². The molecule has 1 aliphatic heterocycles. The summed E-state index contributed by atoms with van der Waals surface area (Å²) in [5, 5.41) is 22.8. The number of aliphatic carboxylic acids is 1. The lowest BCUT2D eigenvalue weighted by Crippen LogP contribution is -2.37. The Hall–Kier alpha value is -6.25. The summed E-state index contributed by atoms with van der Waals surface area (Å²) in [6.07, 6.45) is 19.5. The zero-order valence-corrected chi connectivity index (χ0v) is 42.1. The van der Waals surface area contributed by atoms with E-state index in [0.717, 1.165) is 53.5 Å². The van der Waals surface area contributed by atoms with E-state index >= 15 is 0 Å². The highest BCUT2D eigenvalue weighted by Crippen LogP contribution is 2.38. The number of rotatable bonds is 28. The number of fused-ring (bicyclic) bond motifs is 2. The molecule has 0 saturated carbocycles. The van der Waals surface area contributed by atoms with E-state index in [9.17, 15) is 27.9 Å². The largest absolute Gasteiger partial charge is 0.494 e. The number of piperidine rings is 1. The Kier molecular flexibility index (Phi) is 19.1. The summed E-state index contributed by atoms with van der Waals surface area (Å²) in [7, 11) is -3.72. The van der Waals surface area contributed by atoms with Gasteiger partial charge in [-0.15, -0.1) is 0 Å². The molecule has 0 unspecified atom stereocenters. The minimum absolute atomic E-state index is 0.107. The highest BCUT2D eigenvalue weighted by Gasteiger charge is 2.30. The summed E-state index contributed by atoms with van der Waals surface area (Å²) in [5.41, 5.74) is 5.21. The van der Waals surface area contributed by atoms with Gasteiger partial charge in [-0.05, 0) is 111 Å². The van der Waals surface area contributed by atoms with Gasteiger partial charge in [-0.3, -0.25) is 9.59 Å². The number of ether oxygens (including phenoxy) is 2. The Morgan fingerprint density at radius 1 is 0.718 bits per heavy atom. The number of carboxylic acids is 2. The van der Waals surface area contributed by atoms with Gasteiger partial charge in [0, 0.05) is 29.6 Å². The summed E-state index contributed by atoms with van der Waals surface area (Å²) in [6.45, 7) is 5.43. The highest BCUT2D eigenvalue weighted by molar-refractivity contribution is 7.89. The molecule has 3 N–H and O–H groups in total. The van der Waals surface area contributed by atoms with E-state index in [4.69, 9.17) is 24.0 Å². The van der Waals surface area contributed by atoms with E-state index in [1.165, 1.54) is 105 Å². The molecule has 4 aromatic carbocycles. The second-order valence-corrected chi connectivity index (χ2v) is 20.8. The van der Waals surface area contributed by atoms with Crippen LogP contribution in [-0.2, 0) is 14.8 Å². The first-order valence-corrected chi connectivity index (χ1v) is 27.0. The first-order chi connectivity index (χ1) is 34.4. The lowest BCUT2D eigenvalue weighted by molar-refractivity contribution is -0.135. The molecule has 0 atom stereocenters. The number of furan rings is 1. The van der Waals surface area contributed by atoms with Gasteiger partial charge in [0.15, 0.2) is 5.76 Å². The topological polar surface area (TPSA) is 186 Å². The normalized spacial score (nSPS) is 13.4. The van der Waals surface area contributed by atoms with Gasteiger partial charge in [0.1, 0.15) is 29.3 Å². The Balaban J connectivity index is 0.682. The van der Waals surface area contributed by atoms with E-state index in [-0.39, 0.29) is 21.9 Å². The van der Waals surface area contributed by atoms with Gasteiger partial charge in [0.2, 0.25) is 10.0 Å². The third-order valence-corrected chi connectivity index (χ3v) is 15.6. The lowest BCUT2D eigenvalue weighted by Gasteiger charge is -2.31. The first-order valence-electron chi connectivity index (χ1n) is 25.5. The molecule has 0 spiro atoms. The molecule has 0 aliphatic carbocycles. The summed E-state index contributed by atoms with van der Waals surface area (Å²) in [4.78, 5) is 40.4. The molecule has 7 rings (SSSR count). The number of amides is 1. The van der Waals surface area contributed by atoms with Crippen molar-refractivity contribution < 1.29 is 46.9 Å². The van der Waals surface area contributed by atoms with Gasteiger partial charge >= 0.3 is 11.9 Å². The fourth-order valence-electron chi connectivity index (χ4n) is 9.59. The molecule has 0 radical (unpaired) electrons. The Morgan fingerprint density at radius 3 is 1.87 bits per heavy atom. The lowest BCUT2D eigenvalue weighted by atomic mass is 9.90. The number of nitrogens with zero attached hydrogens (tertiary/aromatic N) is 2. The van der Waals surface area contributed by atoms with Crippen LogP contribution in [0, 0.1) is 13.8 Å². The number of aryl methyl sites for hydroxylation is 2. The molecule has 6 aromatic rings. The molecule has 14 heteroatoms. The Bertz CT molecular complexity index is 2830. The van der Waals surface area contributed by atoms with Gasteiger partial charge in [0.25, 0.3) is 5.91 Å². The van der Waals surface area contributed by atoms with Gasteiger partial charge in [-0.25, -0.2) is 18.2 Å². The molecule has 71 heavy (non-hydrogen) atoms. The molecular weight excluding hydrogens is 919 g/mol. The van der Waals surface area contributed by atoms with Crippen molar-refractivity contribution in [2.24, 2.45) is 0 Å². The monoisotopic (exact) mass is 987 g/mol. The molecule has 13 nitrogen and oxygen atoms in total. The van der Waals surface area contributed by atoms with Crippen molar-refractivity contribution in [2.75, 3.05) is 32.8 Å². The van der Waals surface area contributed by atoms with E-state index < -0.39 is 34.4 Å². The van der Waals surface area contributed by atoms with Crippen molar-refractivity contribution in [3.8, 4) is 23.0 Å². The van der Waals surface area contributed by atoms with Crippen LogP contribution in [0.3, 0.4) is 0 Å². The second-order valence-electron chi connectivity index (χ2n) is 18.9. The summed E-state index contributed by atoms with van der Waals surface area (Å²) >= 11 is 0. The van der Waals surface area contributed by atoms with E-state index in [0.29, 0.717) is 67.3 Å². The summed E-state index contributed by atoms with van der Waals surface area (Å²) < 4.78 is 46.5. The maximum atomic E-state index is 13.3. The van der Waals surface area contributed by atoms with Crippen molar-refractivity contribution in [2.45, 2.75) is 134 Å². The number of unbranched alkanes of at least 4 members (excludes halogenated alkanes) is 14. The van der Waals surface area contributed by atoms with Crippen LogP contribution in [0.5, 0.6) is 11.5 Å². The van der Waals surface area contributed by atoms with Crippen LogP contribution in [0.4, 0.5) is 0 Å². The maximum Gasteiger partial charge on any atom is 0.336 e. The third-order valence-electron chi connectivity index (χ3n) is 13.7. The average Bonchev–Trinajstić information content (AvgIpc) is 3.72. The fourth-order valence-corrected chi connectivity index (χ4v) is 11.1. The Labute approximate surface area is 418 Å². The highest BCUT2D eigenvalue weighted by atomic mass is 32.2. The SMILES string of the molecule is Cc1c(-c2cc(C(=O)O)c3c(OCCCCCCCCCCCCCCCCCOc4ccc(C5CCN(S(=O)(=O)c6ccc(C(=O)NCC(=O)O)cc6)CC5)cc4)ccc(C)c3n2)oc2ccccc12. The maximum absolute atomic E-state index is 13.3. The molecule has 1 saturated heterocycles. The van der Waals surface area contributed by atoms with Crippen LogP contribution in [-0.4, -0.2) is 78.6 Å². The molecule has 2 aromatic heterocycles. The van der Waals surface area contributed by atoms with Crippen LogP contribution in [0.2, 0.25) is 0 Å². The number of carboxylic acid groups (broad SMARTS) is 2. The molecule has 1 amide bonds. The quantitative estimate of drug-likeness (QED) is 0.0397. The number of benzene rings is 4. The number of sulfonamides is 1. The minimum atomic E-state index is -3.72. The van der Waals surface area contributed by atoms with E-state index in [2.05, 4.69) is 17.4 Å². The van der Waals surface area contributed by atoms with Gasteiger partial charge in [-0.2, -0.15) is 4.31 Å². The van der Waals surface area contributed by atoms with Crippen molar-refractivity contribution in [3.05, 3.63) is 119 Å². The van der Waals surface area contributed by atoms with Crippen LogP contribution in [0.15, 0.2) is 100 Å². The third kappa shape index (κ3) is 14.2. The number of pyridine rings is 1. The van der Waals surface area contributed by atoms with Crippen LogP contribution >= 0.6 is 0 Å². The molecule has 3 heterocycles. The van der Waals surface area contributed by atoms with E-state index in [1.54, 1.807) is 6.07 Å². The second kappa shape index (κ2) is 25.7. The summed E-state index contributed by atoms with van der Waals surface area (Å²) in [6, 6.07) is 27.0. The predicted octanol–water partition coefficient (Wildman–Crippen LogP) is 12.7. The molecule has 0 bridgehead atoms. The number of hydrogen-bond acceptors (Lipinski definition) is 9. The number of carbonyl (C=O) groups excluding carboxylic acids is 1. The zero-order valence-electron chi connectivity index (χ0n) is 41.3. The smallest absolute Gasteiger partial charge is 0.336 e. The number of carbonyl (C=O) groups is 3. The fraction of sp³-hybridized carbons (Fsp3) is 0.439. The zero-order chi connectivity index (χ0) is 50.2. The number of aromatic carboxylic acids is 1. The average molecular weight is 988 g/mol. The number of hydrogen-bond donors (Lipinski definition) is 3. The van der Waals surface area contributed by atoms with E-state index in [1.807, 2.05) is 62.4 Å². The van der Waals surface area contributed by atoms with Gasteiger partial charge in [0.05, 0.1) is 34.6 Å². The molecular formula is C57H69N3O10S. The number of aromatic nitrogens is 1. The number of nitrogens with one attached hydrogen (secondary N) is 1. The van der Waals surface area contributed by atoms with Gasteiger partial charge < -0.3 is 29.4 Å². The van der Waals surface area contributed by atoms with Gasteiger partial charge in [-0.1, -0.05) is 120 Å². The standard InChI is InChI=1S/C57H69N3O10S/c1-40-22-31-51(53-48(57(64)65)38-49(59-54(40)53)55-41(2)47-20-16-17-21-50(47)70-55)69-37-19-15-13-11-9-7-5-3-4-6-8-10-12-14-18-36-68-45-27-23-42(24-28-45)43-32-34-60(35-33-43)71(66,67)46-29-25-44(26-30-46)56(63)58-39-52(61)62/h16-17,20-31,38,43H,3-15,18-19,32-37,39H2,1-2H3,(H,58,63)(H,61,62)(H,64,65). The van der Waals surface area contributed by atoms with Crippen LogP contribution in [0.25, 0.3) is 33.3 Å². The van der Waals surface area contributed by atoms with Crippen LogP contribution < -0.4 is 14.8 Å². The first kappa shape index (κ1) is 52.6. The summed E-state index contributed by atoms with van der Waals surface area (Å²) in [5.74, 6) is -0.508. The van der Waals surface area contributed by atoms with Crippen molar-refractivity contribution >= 4 is 49.7 Å². The van der Waals surface area contributed by atoms with Crippen molar-refractivity contribution in [1.82, 2.24) is 14.6 Å². The molecule has 1 fully saturated rings. The van der Waals surface area contributed by atoms with Crippen molar-refractivity contribution in [3.63, 3.8) is 0 Å².